The van der Waals surface area contributed by atoms with Crippen molar-refractivity contribution in [2.45, 2.75) is 33.6 Å². The number of aryl methyl sites for hydroxylation is 2. The molecule has 1 N–H and O–H groups in total. The summed E-state index contributed by atoms with van der Waals surface area (Å²) in [6.07, 6.45) is 2.01. The van der Waals surface area contributed by atoms with Crippen molar-refractivity contribution < 1.29 is 9.47 Å². The van der Waals surface area contributed by atoms with Gasteiger partial charge in [-0.2, -0.15) is 5.10 Å². The molecule has 2 aromatic heterocycles. The van der Waals surface area contributed by atoms with Gasteiger partial charge in [0.15, 0.2) is 12.6 Å². The van der Waals surface area contributed by atoms with Crippen LogP contribution in [0.25, 0.3) is 28.0 Å². The molecule has 2 heterocycles. The van der Waals surface area contributed by atoms with Gasteiger partial charge < -0.3 is 14.0 Å². The third-order valence-electron chi connectivity index (χ3n) is 5.52. The number of ether oxygens (including phenoxy) is 2. The molecule has 0 fully saturated rings. The minimum absolute atomic E-state index is 0.208. The molecular weight excluding hydrogens is 392 g/mol. The van der Waals surface area contributed by atoms with Crippen LogP contribution in [0.15, 0.2) is 47.4 Å². The standard InChI is InChI=1S/C24H28N4O3/c1-6-30-14-31-22-11-16(4)20(13-19(22)15(2)3)23-25-26-24(29)28(23)18-7-8-21-17(12-18)9-10-27(21)5/h7-13,15H,6,14H2,1-5H3,(H,26,29). The van der Waals surface area contributed by atoms with Crippen LogP contribution in [-0.2, 0) is 11.8 Å². The monoisotopic (exact) mass is 420 g/mol. The maximum atomic E-state index is 12.7. The molecule has 0 amide bonds. The maximum Gasteiger partial charge on any atom is 0.348 e. The van der Waals surface area contributed by atoms with E-state index in [4.69, 9.17) is 9.47 Å². The Kier molecular flexibility index (Phi) is 5.69. The molecule has 31 heavy (non-hydrogen) atoms. The fourth-order valence-corrected chi connectivity index (χ4v) is 3.83. The zero-order chi connectivity index (χ0) is 22.1. The highest BCUT2D eigenvalue weighted by Gasteiger charge is 2.19. The predicted octanol–water partition coefficient (Wildman–Crippen LogP) is 4.52. The van der Waals surface area contributed by atoms with Gasteiger partial charge in [-0.05, 0) is 67.3 Å². The molecule has 0 bridgehead atoms. The molecule has 0 spiro atoms. The van der Waals surface area contributed by atoms with E-state index in [9.17, 15) is 4.79 Å². The normalized spacial score (nSPS) is 11.5. The van der Waals surface area contributed by atoms with Gasteiger partial charge in [0.2, 0.25) is 0 Å². The molecular formula is C24H28N4O3. The topological polar surface area (TPSA) is 74.1 Å². The smallest absolute Gasteiger partial charge is 0.348 e. The Bertz CT molecular complexity index is 1280. The van der Waals surface area contributed by atoms with E-state index in [1.165, 1.54) is 0 Å². The third-order valence-corrected chi connectivity index (χ3v) is 5.52. The number of benzene rings is 2. The van der Waals surface area contributed by atoms with Gasteiger partial charge in [0.05, 0.1) is 5.69 Å². The van der Waals surface area contributed by atoms with Gasteiger partial charge in [0.25, 0.3) is 0 Å². The molecule has 0 aliphatic heterocycles. The van der Waals surface area contributed by atoms with Gasteiger partial charge >= 0.3 is 5.69 Å². The lowest BCUT2D eigenvalue weighted by molar-refractivity contribution is 0.0217. The molecule has 162 valence electrons. The van der Waals surface area contributed by atoms with Crippen LogP contribution in [0.3, 0.4) is 0 Å². The minimum Gasteiger partial charge on any atom is -0.467 e. The highest BCUT2D eigenvalue weighted by molar-refractivity contribution is 5.82. The molecule has 2 aromatic carbocycles. The summed E-state index contributed by atoms with van der Waals surface area (Å²) in [5.74, 6) is 1.60. The Balaban J connectivity index is 1.83. The molecule has 0 saturated carbocycles. The highest BCUT2D eigenvalue weighted by Crippen LogP contribution is 2.34. The average Bonchev–Trinajstić information content (AvgIpc) is 3.30. The number of hydrogen-bond donors (Lipinski definition) is 1. The molecule has 7 heteroatoms. The molecule has 7 nitrogen and oxygen atoms in total. The van der Waals surface area contributed by atoms with Gasteiger partial charge in [-0.25, -0.2) is 14.5 Å². The summed E-state index contributed by atoms with van der Waals surface area (Å²) in [5.41, 5.74) is 4.51. The quantitative estimate of drug-likeness (QED) is 0.352. The molecule has 4 rings (SSSR count). The molecule has 0 radical (unpaired) electrons. The van der Waals surface area contributed by atoms with Crippen LogP contribution in [0.4, 0.5) is 0 Å². The lowest BCUT2D eigenvalue weighted by Gasteiger charge is -2.18. The largest absolute Gasteiger partial charge is 0.467 e. The van der Waals surface area contributed by atoms with Crippen molar-refractivity contribution in [1.29, 1.82) is 0 Å². The fourth-order valence-electron chi connectivity index (χ4n) is 3.83. The fraction of sp³-hybridized carbons (Fsp3) is 0.333. The summed E-state index contributed by atoms with van der Waals surface area (Å²) in [7, 11) is 2.00. The van der Waals surface area contributed by atoms with Crippen molar-refractivity contribution >= 4 is 10.9 Å². The van der Waals surface area contributed by atoms with Crippen LogP contribution in [0.2, 0.25) is 0 Å². The Morgan fingerprint density at radius 3 is 2.71 bits per heavy atom. The maximum absolute atomic E-state index is 12.7. The number of fused-ring (bicyclic) bond motifs is 1. The van der Waals surface area contributed by atoms with Crippen LogP contribution in [0, 0.1) is 6.92 Å². The average molecular weight is 421 g/mol. The summed E-state index contributed by atoms with van der Waals surface area (Å²) in [5, 5.41) is 8.06. The van der Waals surface area contributed by atoms with E-state index >= 15 is 0 Å². The first-order valence-corrected chi connectivity index (χ1v) is 10.5. The van der Waals surface area contributed by atoms with Gasteiger partial charge in [0.1, 0.15) is 5.75 Å². The minimum atomic E-state index is -0.271. The summed E-state index contributed by atoms with van der Waals surface area (Å²) < 4.78 is 14.9. The number of aromatic amines is 1. The summed E-state index contributed by atoms with van der Waals surface area (Å²) in [4.78, 5) is 12.7. The number of H-pyrrole nitrogens is 1. The van der Waals surface area contributed by atoms with E-state index in [0.29, 0.717) is 12.4 Å². The second-order valence-electron chi connectivity index (χ2n) is 7.97. The second-order valence-corrected chi connectivity index (χ2v) is 7.97. The van der Waals surface area contributed by atoms with Gasteiger partial charge in [-0.15, -0.1) is 0 Å². The first-order valence-electron chi connectivity index (χ1n) is 10.5. The Labute approximate surface area is 181 Å². The second kappa shape index (κ2) is 8.43. The van der Waals surface area contributed by atoms with Crippen molar-refractivity contribution in [1.82, 2.24) is 19.3 Å². The summed E-state index contributed by atoms with van der Waals surface area (Å²) in [6, 6.07) is 12.1. The van der Waals surface area contributed by atoms with Crippen molar-refractivity contribution in [2.24, 2.45) is 7.05 Å². The van der Waals surface area contributed by atoms with Crippen LogP contribution in [-0.4, -0.2) is 32.7 Å². The zero-order valence-electron chi connectivity index (χ0n) is 18.6. The first kappa shape index (κ1) is 20.9. The van der Waals surface area contributed by atoms with E-state index in [1.54, 1.807) is 4.57 Å². The van der Waals surface area contributed by atoms with E-state index < -0.39 is 0 Å². The Morgan fingerprint density at radius 1 is 1.16 bits per heavy atom. The zero-order valence-corrected chi connectivity index (χ0v) is 18.6. The summed E-state index contributed by atoms with van der Waals surface area (Å²) in [6.45, 7) is 8.96. The SMILES string of the molecule is CCOCOc1cc(C)c(-c2n[nH]c(=O)n2-c2ccc3c(ccn3C)c2)cc1C(C)C. The van der Waals surface area contributed by atoms with Crippen LogP contribution < -0.4 is 10.4 Å². The van der Waals surface area contributed by atoms with Crippen LogP contribution in [0.5, 0.6) is 5.75 Å². The van der Waals surface area contributed by atoms with E-state index in [1.807, 2.05) is 57.4 Å². The van der Waals surface area contributed by atoms with E-state index in [-0.39, 0.29) is 18.4 Å². The van der Waals surface area contributed by atoms with Crippen molar-refractivity contribution in [3.63, 3.8) is 0 Å². The van der Waals surface area contributed by atoms with Gasteiger partial charge in [0, 0.05) is 36.3 Å². The molecule has 0 aliphatic carbocycles. The number of rotatable bonds is 7. The van der Waals surface area contributed by atoms with E-state index in [0.717, 1.165) is 39.0 Å². The summed E-state index contributed by atoms with van der Waals surface area (Å²) >= 11 is 0. The van der Waals surface area contributed by atoms with Crippen LogP contribution >= 0.6 is 0 Å². The lowest BCUT2D eigenvalue weighted by Crippen LogP contribution is -2.16. The van der Waals surface area contributed by atoms with E-state index in [2.05, 4.69) is 34.7 Å². The molecule has 0 saturated heterocycles. The molecule has 0 unspecified atom stereocenters. The molecule has 0 aliphatic rings. The predicted molar refractivity (Wildman–Crippen MR) is 122 cm³/mol. The third kappa shape index (κ3) is 3.88. The van der Waals surface area contributed by atoms with Gasteiger partial charge in [-0.1, -0.05) is 13.8 Å². The Morgan fingerprint density at radius 2 is 1.97 bits per heavy atom. The lowest BCUT2D eigenvalue weighted by atomic mass is 9.96. The van der Waals surface area contributed by atoms with Crippen molar-refractivity contribution in [3.8, 4) is 22.8 Å². The first-order chi connectivity index (χ1) is 14.9. The number of hydrogen-bond acceptors (Lipinski definition) is 4. The number of nitrogens with one attached hydrogen (secondary N) is 1. The molecule has 0 atom stereocenters. The van der Waals surface area contributed by atoms with Crippen LogP contribution in [0.1, 0.15) is 37.8 Å². The van der Waals surface area contributed by atoms with Gasteiger partial charge in [-0.3, -0.25) is 0 Å². The number of aromatic nitrogens is 4. The Hall–Kier alpha value is -3.32. The van der Waals surface area contributed by atoms with Crippen molar-refractivity contribution in [3.05, 3.63) is 64.2 Å². The number of nitrogens with zero attached hydrogens (tertiary/aromatic N) is 3. The molecule has 4 aromatic rings. The highest BCUT2D eigenvalue weighted by atomic mass is 16.7. The van der Waals surface area contributed by atoms with Crippen molar-refractivity contribution in [2.75, 3.05) is 13.4 Å².